The van der Waals surface area contributed by atoms with Gasteiger partial charge in [0, 0.05) is 6.04 Å². The summed E-state index contributed by atoms with van der Waals surface area (Å²) in [5.41, 5.74) is 0. The number of aliphatic hydroxyl groups is 1. The van der Waals surface area contributed by atoms with Gasteiger partial charge in [-0.2, -0.15) is 0 Å². The predicted molar refractivity (Wildman–Crippen MR) is 56.3 cm³/mol. The standard InChI is InChI=1S/C10H16ClNO2/c1-7(5-8(2)13)12-6-9-3-4-10(11)14-9/h3-4,7-8,12-13H,5-6H2,1-2H3. The second-order valence-electron chi connectivity index (χ2n) is 3.57. The highest BCUT2D eigenvalue weighted by molar-refractivity contribution is 6.28. The molecular formula is C10H16ClNO2. The first-order valence-corrected chi connectivity index (χ1v) is 5.11. The van der Waals surface area contributed by atoms with Gasteiger partial charge in [-0.3, -0.25) is 0 Å². The highest BCUT2D eigenvalue weighted by Gasteiger charge is 2.06. The van der Waals surface area contributed by atoms with Crippen LogP contribution < -0.4 is 5.32 Å². The molecule has 14 heavy (non-hydrogen) atoms. The average molecular weight is 218 g/mol. The van der Waals surface area contributed by atoms with Crippen LogP contribution >= 0.6 is 11.6 Å². The summed E-state index contributed by atoms with van der Waals surface area (Å²) in [6.07, 6.45) is 0.451. The summed E-state index contributed by atoms with van der Waals surface area (Å²) in [6, 6.07) is 3.82. The topological polar surface area (TPSA) is 45.4 Å². The Labute approximate surface area is 89.1 Å². The van der Waals surface area contributed by atoms with Gasteiger partial charge in [0.15, 0.2) is 5.22 Å². The van der Waals surface area contributed by atoms with Crippen molar-refractivity contribution in [1.82, 2.24) is 5.32 Å². The van der Waals surface area contributed by atoms with Crippen molar-refractivity contribution in [1.29, 1.82) is 0 Å². The van der Waals surface area contributed by atoms with E-state index in [0.29, 0.717) is 11.8 Å². The van der Waals surface area contributed by atoms with Gasteiger partial charge in [-0.05, 0) is 44.0 Å². The first-order valence-electron chi connectivity index (χ1n) is 4.73. The van der Waals surface area contributed by atoms with Crippen LogP contribution in [0.15, 0.2) is 16.5 Å². The molecule has 3 nitrogen and oxygen atoms in total. The molecule has 4 heteroatoms. The number of hydrogen-bond donors (Lipinski definition) is 2. The Hall–Kier alpha value is -0.510. The first kappa shape index (κ1) is 11.6. The van der Waals surface area contributed by atoms with E-state index in [0.717, 1.165) is 12.2 Å². The normalized spacial score (nSPS) is 15.4. The van der Waals surface area contributed by atoms with Crippen molar-refractivity contribution in [3.05, 3.63) is 23.1 Å². The Kier molecular flexibility index (Phi) is 4.45. The molecule has 2 unspecified atom stereocenters. The number of nitrogens with one attached hydrogen (secondary N) is 1. The molecular weight excluding hydrogens is 202 g/mol. The zero-order chi connectivity index (χ0) is 10.6. The lowest BCUT2D eigenvalue weighted by Crippen LogP contribution is -2.28. The molecule has 0 fully saturated rings. The molecule has 0 saturated carbocycles. The minimum Gasteiger partial charge on any atom is -0.448 e. The number of furan rings is 1. The summed E-state index contributed by atoms with van der Waals surface area (Å²) in [6.45, 7) is 4.44. The van der Waals surface area contributed by atoms with Crippen molar-refractivity contribution in [3.63, 3.8) is 0 Å². The van der Waals surface area contributed by atoms with Gasteiger partial charge in [-0.25, -0.2) is 0 Å². The van der Waals surface area contributed by atoms with E-state index in [1.165, 1.54) is 0 Å². The van der Waals surface area contributed by atoms with Crippen molar-refractivity contribution in [2.45, 2.75) is 39.0 Å². The first-order chi connectivity index (χ1) is 6.58. The molecule has 2 atom stereocenters. The van der Waals surface area contributed by atoms with Crippen LogP contribution in [0.1, 0.15) is 26.0 Å². The summed E-state index contributed by atoms with van der Waals surface area (Å²) in [7, 11) is 0. The second kappa shape index (κ2) is 5.39. The van der Waals surface area contributed by atoms with Gasteiger partial charge in [0.2, 0.25) is 0 Å². The van der Waals surface area contributed by atoms with Crippen molar-refractivity contribution in [2.24, 2.45) is 0 Å². The molecule has 0 saturated heterocycles. The molecule has 0 aliphatic heterocycles. The van der Waals surface area contributed by atoms with E-state index in [2.05, 4.69) is 5.32 Å². The fourth-order valence-corrected chi connectivity index (χ4v) is 1.48. The van der Waals surface area contributed by atoms with Crippen molar-refractivity contribution in [2.75, 3.05) is 0 Å². The second-order valence-corrected chi connectivity index (χ2v) is 3.95. The smallest absolute Gasteiger partial charge is 0.193 e. The predicted octanol–water partition coefficient (Wildman–Crippen LogP) is 2.18. The SMILES string of the molecule is CC(O)CC(C)NCc1ccc(Cl)o1. The van der Waals surface area contributed by atoms with Crippen molar-refractivity contribution >= 4 is 11.6 Å². The fraction of sp³-hybridized carbons (Fsp3) is 0.600. The van der Waals surface area contributed by atoms with E-state index >= 15 is 0 Å². The monoisotopic (exact) mass is 217 g/mol. The lowest BCUT2D eigenvalue weighted by atomic mass is 10.1. The average Bonchev–Trinajstić information content (AvgIpc) is 2.47. The van der Waals surface area contributed by atoms with Crippen LogP contribution in [0, 0.1) is 0 Å². The number of halogens is 1. The molecule has 2 N–H and O–H groups in total. The zero-order valence-electron chi connectivity index (χ0n) is 8.46. The van der Waals surface area contributed by atoms with Crippen molar-refractivity contribution < 1.29 is 9.52 Å². The Morgan fingerprint density at radius 1 is 1.50 bits per heavy atom. The Bertz CT molecular complexity index is 273. The maximum Gasteiger partial charge on any atom is 0.193 e. The van der Waals surface area contributed by atoms with Gasteiger partial charge in [-0.1, -0.05) is 0 Å². The molecule has 1 aromatic heterocycles. The summed E-state index contributed by atoms with van der Waals surface area (Å²) < 4.78 is 5.18. The van der Waals surface area contributed by atoms with E-state index in [-0.39, 0.29) is 12.1 Å². The molecule has 0 amide bonds. The fourth-order valence-electron chi connectivity index (χ4n) is 1.32. The lowest BCUT2D eigenvalue weighted by molar-refractivity contribution is 0.170. The van der Waals surface area contributed by atoms with Gasteiger partial charge in [-0.15, -0.1) is 0 Å². The van der Waals surface area contributed by atoms with E-state index in [4.69, 9.17) is 21.1 Å². The number of hydrogen-bond acceptors (Lipinski definition) is 3. The van der Waals surface area contributed by atoms with Crippen LogP contribution in [-0.2, 0) is 6.54 Å². The molecule has 1 heterocycles. The van der Waals surface area contributed by atoms with E-state index in [1.807, 2.05) is 13.0 Å². The van der Waals surface area contributed by atoms with Crippen LogP contribution in [0.4, 0.5) is 0 Å². The summed E-state index contributed by atoms with van der Waals surface area (Å²) >= 11 is 5.63. The quantitative estimate of drug-likeness (QED) is 0.795. The van der Waals surface area contributed by atoms with Crippen LogP contribution in [-0.4, -0.2) is 17.3 Å². The minimum atomic E-state index is -0.280. The van der Waals surface area contributed by atoms with Gasteiger partial charge in [0.25, 0.3) is 0 Å². The molecule has 0 spiro atoms. The van der Waals surface area contributed by atoms with E-state index in [9.17, 15) is 0 Å². The molecule has 0 aliphatic rings. The third-order valence-electron chi connectivity index (χ3n) is 1.95. The van der Waals surface area contributed by atoms with Crippen LogP contribution in [0.2, 0.25) is 5.22 Å². The molecule has 0 aliphatic carbocycles. The largest absolute Gasteiger partial charge is 0.448 e. The highest BCUT2D eigenvalue weighted by Crippen LogP contribution is 2.13. The number of rotatable bonds is 5. The Morgan fingerprint density at radius 2 is 2.21 bits per heavy atom. The Balaban J connectivity index is 2.26. The molecule has 0 radical (unpaired) electrons. The van der Waals surface area contributed by atoms with Gasteiger partial charge >= 0.3 is 0 Å². The van der Waals surface area contributed by atoms with Crippen LogP contribution in [0.25, 0.3) is 0 Å². The summed E-state index contributed by atoms with van der Waals surface area (Å²) in [5, 5.41) is 12.8. The van der Waals surface area contributed by atoms with Gasteiger partial charge in [0.05, 0.1) is 12.6 Å². The Morgan fingerprint density at radius 3 is 2.71 bits per heavy atom. The molecule has 0 bridgehead atoms. The third-order valence-corrected chi connectivity index (χ3v) is 2.15. The maximum absolute atomic E-state index is 9.14. The molecule has 0 aromatic carbocycles. The van der Waals surface area contributed by atoms with Gasteiger partial charge < -0.3 is 14.8 Å². The summed E-state index contributed by atoms with van der Waals surface area (Å²) in [5.74, 6) is 0.812. The summed E-state index contributed by atoms with van der Waals surface area (Å²) in [4.78, 5) is 0. The van der Waals surface area contributed by atoms with E-state index in [1.54, 1.807) is 13.0 Å². The van der Waals surface area contributed by atoms with Crippen LogP contribution in [0.5, 0.6) is 0 Å². The third kappa shape index (κ3) is 4.13. The zero-order valence-corrected chi connectivity index (χ0v) is 9.21. The minimum absolute atomic E-state index is 0.263. The molecule has 1 aromatic rings. The van der Waals surface area contributed by atoms with Crippen molar-refractivity contribution in [3.8, 4) is 0 Å². The lowest BCUT2D eigenvalue weighted by Gasteiger charge is -2.14. The number of aliphatic hydroxyl groups excluding tert-OH is 1. The molecule has 1 rings (SSSR count). The van der Waals surface area contributed by atoms with Crippen LogP contribution in [0.3, 0.4) is 0 Å². The van der Waals surface area contributed by atoms with E-state index < -0.39 is 0 Å². The highest BCUT2D eigenvalue weighted by atomic mass is 35.5. The molecule has 80 valence electrons. The van der Waals surface area contributed by atoms with Gasteiger partial charge in [0.1, 0.15) is 5.76 Å². The maximum atomic E-state index is 9.14.